The van der Waals surface area contributed by atoms with Gasteiger partial charge in [0, 0.05) is 38.9 Å². The smallest absolute Gasteiger partial charge is 0.303 e. The molecule has 0 aromatic rings. The monoisotopic (exact) mass is 408 g/mol. The van der Waals surface area contributed by atoms with Crippen LogP contribution in [0.5, 0.6) is 0 Å². The second-order valence-electron chi connectivity index (χ2n) is 8.75. The van der Waals surface area contributed by atoms with Crippen LogP contribution in [0.2, 0.25) is 0 Å². The van der Waals surface area contributed by atoms with E-state index in [-0.39, 0.29) is 41.7 Å². The van der Waals surface area contributed by atoms with E-state index in [0.717, 1.165) is 19.3 Å². The van der Waals surface area contributed by atoms with Gasteiger partial charge in [0.05, 0.1) is 12.2 Å². The summed E-state index contributed by atoms with van der Waals surface area (Å²) in [4.78, 5) is 23.1. The number of aliphatic carboxylic acids is 1. The molecule has 29 heavy (non-hydrogen) atoms. The molecule has 0 aromatic carbocycles. The van der Waals surface area contributed by atoms with E-state index in [1.807, 2.05) is 12.2 Å². The number of methoxy groups -OCH3 is 2. The zero-order chi connectivity index (χ0) is 21.9. The molecule has 0 bridgehead atoms. The number of ketones is 1. The third-order valence-electron chi connectivity index (χ3n) is 6.04. The van der Waals surface area contributed by atoms with Gasteiger partial charge in [-0.05, 0) is 31.1 Å². The van der Waals surface area contributed by atoms with E-state index in [4.69, 9.17) is 14.6 Å². The number of carboxylic acids is 1. The Hall–Kier alpha value is -1.46. The molecule has 1 fully saturated rings. The predicted octanol–water partition coefficient (Wildman–Crippen LogP) is 5.20. The minimum absolute atomic E-state index is 0.00512. The summed E-state index contributed by atoms with van der Waals surface area (Å²) in [6.07, 6.45) is 14.2. The van der Waals surface area contributed by atoms with Gasteiger partial charge >= 0.3 is 5.97 Å². The summed E-state index contributed by atoms with van der Waals surface area (Å²) in [5.41, 5.74) is 0.0337. The highest BCUT2D eigenvalue weighted by molar-refractivity contribution is 5.84. The van der Waals surface area contributed by atoms with Gasteiger partial charge in [-0.2, -0.15) is 0 Å². The first-order chi connectivity index (χ1) is 13.8. The average Bonchev–Trinajstić information content (AvgIpc) is 2.98. The van der Waals surface area contributed by atoms with Crippen molar-refractivity contribution in [2.45, 2.75) is 84.3 Å². The second kappa shape index (κ2) is 13.0. The van der Waals surface area contributed by atoms with Crippen LogP contribution in [0.25, 0.3) is 0 Å². The first kappa shape index (κ1) is 25.6. The number of carboxylic acid groups (broad SMARTS) is 1. The number of ether oxygens (including phenoxy) is 2. The third-order valence-corrected chi connectivity index (χ3v) is 6.04. The molecule has 5 nitrogen and oxygen atoms in total. The molecule has 0 aromatic heterocycles. The highest BCUT2D eigenvalue weighted by Crippen LogP contribution is 2.36. The number of carbonyl (C=O) groups excluding carboxylic acids is 1. The van der Waals surface area contributed by atoms with Crippen molar-refractivity contribution in [3.8, 4) is 0 Å². The number of unbranched alkanes of at least 4 members (excludes halogenated alkanes) is 2. The summed E-state index contributed by atoms with van der Waals surface area (Å²) in [6.45, 7) is 6.65. The molecule has 4 atom stereocenters. The zero-order valence-corrected chi connectivity index (χ0v) is 18.9. The van der Waals surface area contributed by atoms with Gasteiger partial charge in [-0.1, -0.05) is 57.9 Å². The van der Waals surface area contributed by atoms with Gasteiger partial charge in [-0.15, -0.1) is 0 Å². The van der Waals surface area contributed by atoms with Crippen LogP contribution in [-0.2, 0) is 19.1 Å². The maximum Gasteiger partial charge on any atom is 0.303 e. The molecule has 1 N–H and O–H groups in total. The van der Waals surface area contributed by atoms with Crippen LogP contribution in [-0.4, -0.2) is 43.3 Å². The summed E-state index contributed by atoms with van der Waals surface area (Å²) >= 11 is 0. The van der Waals surface area contributed by atoms with Crippen LogP contribution in [0, 0.1) is 17.3 Å². The largest absolute Gasteiger partial charge is 0.481 e. The Morgan fingerprint density at radius 3 is 2.59 bits per heavy atom. The van der Waals surface area contributed by atoms with E-state index < -0.39 is 5.97 Å². The van der Waals surface area contributed by atoms with Crippen molar-refractivity contribution in [1.82, 2.24) is 0 Å². The van der Waals surface area contributed by atoms with Crippen LogP contribution in [0.1, 0.15) is 72.1 Å². The first-order valence-corrected chi connectivity index (χ1v) is 10.9. The minimum atomic E-state index is -0.771. The molecular formula is C24H40O5. The Labute approximate surface area is 176 Å². The normalized spacial score (nSPS) is 24.0. The molecule has 1 saturated carbocycles. The molecule has 0 amide bonds. The van der Waals surface area contributed by atoms with Gasteiger partial charge in [0.2, 0.25) is 0 Å². The van der Waals surface area contributed by atoms with Crippen LogP contribution in [0.15, 0.2) is 24.3 Å². The highest BCUT2D eigenvalue weighted by atomic mass is 16.5. The molecule has 1 aliphatic rings. The first-order valence-electron chi connectivity index (χ1n) is 10.9. The lowest BCUT2D eigenvalue weighted by Gasteiger charge is -2.32. The van der Waals surface area contributed by atoms with Crippen LogP contribution < -0.4 is 0 Å². The molecule has 5 heteroatoms. The van der Waals surface area contributed by atoms with Crippen molar-refractivity contribution in [3.05, 3.63) is 24.3 Å². The van der Waals surface area contributed by atoms with E-state index in [0.29, 0.717) is 19.3 Å². The minimum Gasteiger partial charge on any atom is -0.481 e. The molecule has 0 aliphatic heterocycles. The van der Waals surface area contributed by atoms with Gasteiger partial charge in [0.1, 0.15) is 5.78 Å². The standard InChI is InChI=1S/C24H40O5/c1-6-7-16-24(2,3)22(29-5)15-14-19-18(20(25)17-21(19)28-4)12-10-8-9-11-13-23(26)27/h8,10,14-15,18-19,21-22H,6-7,9,11-13,16-17H2,1-5H3,(H,26,27)/t18-,19-,21?,22?/m1/s1. The fourth-order valence-electron chi connectivity index (χ4n) is 4.14. The maximum absolute atomic E-state index is 12.6. The van der Waals surface area contributed by atoms with Crippen molar-refractivity contribution in [2.75, 3.05) is 14.2 Å². The van der Waals surface area contributed by atoms with Gasteiger partial charge in [0.15, 0.2) is 0 Å². The molecular weight excluding hydrogens is 368 g/mol. The lowest BCUT2D eigenvalue weighted by Crippen LogP contribution is -2.30. The number of hydrogen-bond donors (Lipinski definition) is 1. The van der Waals surface area contributed by atoms with Gasteiger partial charge in [0.25, 0.3) is 0 Å². The van der Waals surface area contributed by atoms with E-state index >= 15 is 0 Å². The van der Waals surface area contributed by atoms with E-state index in [1.165, 1.54) is 6.42 Å². The lowest BCUT2D eigenvalue weighted by atomic mass is 9.80. The molecule has 0 heterocycles. The summed E-state index contributed by atoms with van der Waals surface area (Å²) in [7, 11) is 3.41. The summed E-state index contributed by atoms with van der Waals surface area (Å²) in [6, 6.07) is 0. The molecule has 0 spiro atoms. The summed E-state index contributed by atoms with van der Waals surface area (Å²) in [5, 5.41) is 8.70. The Kier molecular flexibility index (Phi) is 11.4. The quantitative estimate of drug-likeness (QED) is 0.316. The molecule has 1 aliphatic carbocycles. The number of rotatable bonds is 14. The van der Waals surface area contributed by atoms with E-state index in [2.05, 4.69) is 32.9 Å². The number of allylic oxidation sites excluding steroid dienone is 2. The number of hydrogen-bond acceptors (Lipinski definition) is 4. The Balaban J connectivity index is 2.79. The third kappa shape index (κ3) is 8.43. The molecule has 0 radical (unpaired) electrons. The Morgan fingerprint density at radius 2 is 2.00 bits per heavy atom. The van der Waals surface area contributed by atoms with Gasteiger partial charge in [-0.25, -0.2) is 0 Å². The second-order valence-corrected chi connectivity index (χ2v) is 8.75. The van der Waals surface area contributed by atoms with Crippen molar-refractivity contribution in [3.63, 3.8) is 0 Å². The van der Waals surface area contributed by atoms with Crippen molar-refractivity contribution < 1.29 is 24.2 Å². The Morgan fingerprint density at radius 1 is 1.28 bits per heavy atom. The highest BCUT2D eigenvalue weighted by Gasteiger charge is 2.40. The number of Topliss-reactive ketones (excluding diaryl/α,β-unsaturated/α-hetero) is 1. The fraction of sp³-hybridized carbons (Fsp3) is 0.750. The van der Waals surface area contributed by atoms with Gasteiger partial charge in [-0.3, -0.25) is 9.59 Å². The molecule has 1 rings (SSSR count). The van der Waals surface area contributed by atoms with Crippen molar-refractivity contribution >= 4 is 11.8 Å². The van der Waals surface area contributed by atoms with Crippen LogP contribution >= 0.6 is 0 Å². The van der Waals surface area contributed by atoms with Crippen molar-refractivity contribution in [2.24, 2.45) is 17.3 Å². The summed E-state index contributed by atoms with van der Waals surface area (Å²) in [5.74, 6) is -0.591. The lowest BCUT2D eigenvalue weighted by molar-refractivity contribution is -0.137. The maximum atomic E-state index is 12.6. The van der Waals surface area contributed by atoms with Crippen LogP contribution in [0.4, 0.5) is 0 Å². The topological polar surface area (TPSA) is 72.8 Å². The van der Waals surface area contributed by atoms with Crippen molar-refractivity contribution in [1.29, 1.82) is 0 Å². The predicted molar refractivity (Wildman–Crippen MR) is 116 cm³/mol. The van der Waals surface area contributed by atoms with E-state index in [9.17, 15) is 9.59 Å². The Bertz CT molecular complexity index is 564. The summed E-state index contributed by atoms with van der Waals surface area (Å²) < 4.78 is 11.4. The number of carbonyl (C=O) groups is 2. The van der Waals surface area contributed by atoms with Gasteiger partial charge < -0.3 is 14.6 Å². The SMILES string of the molecule is CCCCC(C)(C)C(C=C[C@H]1C(OC)CC(=O)[C@@H]1CC=CCCCC(=O)O)OC. The zero-order valence-electron chi connectivity index (χ0n) is 18.9. The van der Waals surface area contributed by atoms with E-state index in [1.54, 1.807) is 14.2 Å². The molecule has 166 valence electrons. The molecule has 0 saturated heterocycles. The molecule has 2 unspecified atom stereocenters. The fourth-order valence-corrected chi connectivity index (χ4v) is 4.14. The van der Waals surface area contributed by atoms with Crippen LogP contribution in [0.3, 0.4) is 0 Å². The average molecular weight is 409 g/mol.